The Morgan fingerprint density at radius 3 is 2.44 bits per heavy atom. The molecule has 7 nitrogen and oxygen atoms in total. The smallest absolute Gasteiger partial charge is 0.281 e. The molecule has 6 rings (SSSR count). The van der Waals surface area contributed by atoms with Gasteiger partial charge in [0.1, 0.15) is 5.69 Å². The highest BCUT2D eigenvalue weighted by atomic mass is 35.5. The number of pyridine rings is 1. The molecular weight excluding hydrogens is 550 g/mol. The Hall–Kier alpha value is -3.07. The summed E-state index contributed by atoms with van der Waals surface area (Å²) in [6, 6.07) is 9.15. The van der Waals surface area contributed by atoms with E-state index in [1.165, 1.54) is 6.07 Å². The molecule has 2 aliphatic carbocycles. The monoisotopic (exact) mass is 584 g/mol. The number of amides is 3. The van der Waals surface area contributed by atoms with Crippen LogP contribution < -0.4 is 10.2 Å². The van der Waals surface area contributed by atoms with Crippen LogP contribution in [0.25, 0.3) is 0 Å². The number of rotatable bonds is 6. The molecule has 1 N–H and O–H groups in total. The van der Waals surface area contributed by atoms with Gasteiger partial charge in [-0.25, -0.2) is 8.78 Å². The van der Waals surface area contributed by atoms with Crippen LogP contribution >= 0.6 is 11.6 Å². The predicted molar refractivity (Wildman–Crippen MR) is 151 cm³/mol. The van der Waals surface area contributed by atoms with Gasteiger partial charge in [0.05, 0.1) is 16.0 Å². The van der Waals surface area contributed by atoms with Crippen molar-refractivity contribution >= 4 is 35.0 Å². The molecule has 1 aromatic carbocycles. The lowest BCUT2D eigenvalue weighted by Gasteiger charge is -2.41. The number of piperidine rings is 1. The second kappa shape index (κ2) is 11.3. The van der Waals surface area contributed by atoms with E-state index in [9.17, 15) is 23.2 Å². The van der Waals surface area contributed by atoms with Gasteiger partial charge in [-0.15, -0.1) is 0 Å². The van der Waals surface area contributed by atoms with Crippen molar-refractivity contribution in [3.05, 3.63) is 58.4 Å². The van der Waals surface area contributed by atoms with Crippen molar-refractivity contribution < 1.29 is 23.2 Å². The highest BCUT2D eigenvalue weighted by molar-refractivity contribution is 6.30. The van der Waals surface area contributed by atoms with Crippen LogP contribution in [0, 0.1) is 11.8 Å². The molecule has 3 fully saturated rings. The lowest BCUT2D eigenvalue weighted by atomic mass is 9.73. The summed E-state index contributed by atoms with van der Waals surface area (Å²) in [5.41, 5.74) is 0.705. The van der Waals surface area contributed by atoms with E-state index >= 15 is 0 Å². The third-order valence-electron chi connectivity index (χ3n) is 9.71. The Kier molecular flexibility index (Phi) is 7.74. The first-order valence-corrected chi connectivity index (χ1v) is 15.1. The minimum Gasteiger partial charge on any atom is -0.349 e. The third-order valence-corrected chi connectivity index (χ3v) is 9.91. The van der Waals surface area contributed by atoms with E-state index in [0.717, 1.165) is 49.6 Å². The molecule has 1 saturated heterocycles. The number of nitrogens with one attached hydrogen (secondary N) is 1. The summed E-state index contributed by atoms with van der Waals surface area (Å²) in [5.74, 6) is 0.229. The number of aromatic nitrogens is 1. The van der Waals surface area contributed by atoms with Crippen molar-refractivity contribution in [3.63, 3.8) is 0 Å². The largest absolute Gasteiger partial charge is 0.349 e. The van der Waals surface area contributed by atoms with E-state index in [1.54, 1.807) is 0 Å². The molecule has 218 valence electrons. The molecule has 0 radical (unpaired) electrons. The fourth-order valence-electron chi connectivity index (χ4n) is 7.10. The van der Waals surface area contributed by atoms with E-state index in [4.69, 9.17) is 11.6 Å². The number of halogens is 3. The van der Waals surface area contributed by atoms with Gasteiger partial charge in [-0.1, -0.05) is 36.2 Å². The molecule has 1 spiro atoms. The molecule has 10 heteroatoms. The Morgan fingerprint density at radius 1 is 1.07 bits per heavy atom. The normalized spacial score (nSPS) is 24.0. The maximum atomic E-state index is 14.1. The fourth-order valence-corrected chi connectivity index (χ4v) is 7.26. The molecule has 41 heavy (non-hydrogen) atoms. The number of fused-ring (bicyclic) bond motifs is 2. The number of nitrogens with zero attached hydrogens (tertiary/aromatic N) is 3. The van der Waals surface area contributed by atoms with Gasteiger partial charge in [-0.2, -0.15) is 0 Å². The number of carbonyl (C=O) groups is 3. The number of alkyl halides is 2. The van der Waals surface area contributed by atoms with Crippen molar-refractivity contribution in [2.24, 2.45) is 11.8 Å². The number of carbonyl (C=O) groups excluding carboxylic acids is 3. The summed E-state index contributed by atoms with van der Waals surface area (Å²) in [6.07, 6.45) is 5.64. The van der Waals surface area contributed by atoms with Gasteiger partial charge in [0.25, 0.3) is 12.3 Å². The average molecular weight is 585 g/mol. The maximum absolute atomic E-state index is 14.1. The van der Waals surface area contributed by atoms with Gasteiger partial charge < -0.3 is 15.1 Å². The van der Waals surface area contributed by atoms with Gasteiger partial charge in [-0.05, 0) is 75.0 Å². The molecule has 1 aromatic heterocycles. The van der Waals surface area contributed by atoms with Crippen molar-refractivity contribution in [1.29, 1.82) is 0 Å². The zero-order chi connectivity index (χ0) is 28.7. The SMILES string of the molecule is O=C(N[C@H]1CC[C@H](CN2C(=O)C3(CCN(C(=O)C4CCC4)CC3)c3ccccc32)CC1)c1cc(Cl)cnc1C(F)F. The minimum atomic E-state index is -2.87. The van der Waals surface area contributed by atoms with Crippen molar-refractivity contribution in [3.8, 4) is 0 Å². The first kappa shape index (κ1) is 28.1. The van der Waals surface area contributed by atoms with E-state index in [1.807, 2.05) is 28.0 Å². The molecule has 0 unspecified atom stereocenters. The van der Waals surface area contributed by atoms with Crippen LogP contribution in [0.2, 0.25) is 5.02 Å². The van der Waals surface area contributed by atoms with Crippen LogP contribution in [-0.2, 0) is 15.0 Å². The average Bonchev–Trinajstić information content (AvgIpc) is 3.16. The second-order valence-corrected chi connectivity index (χ2v) is 12.5. The molecule has 2 aliphatic heterocycles. The Balaban J connectivity index is 1.08. The summed E-state index contributed by atoms with van der Waals surface area (Å²) in [7, 11) is 0. The van der Waals surface area contributed by atoms with E-state index in [2.05, 4.69) is 16.4 Å². The lowest BCUT2D eigenvalue weighted by molar-refractivity contribution is -0.141. The minimum absolute atomic E-state index is 0.132. The van der Waals surface area contributed by atoms with Crippen LogP contribution in [0.15, 0.2) is 36.5 Å². The van der Waals surface area contributed by atoms with Crippen LogP contribution in [0.1, 0.15) is 85.8 Å². The standard InChI is InChI=1S/C31H35ClF2N4O3/c32-21-16-23(26(27(33)34)35-17-21)28(39)36-22-10-8-19(9-11-22)18-38-25-7-2-1-6-24(25)31(30(38)41)12-14-37(15-13-31)29(40)20-4-3-5-20/h1-2,6-7,16-17,19-20,22,27H,3-5,8-15,18H2,(H,36,39)/t19-,22-. The quantitative estimate of drug-likeness (QED) is 0.474. The van der Waals surface area contributed by atoms with Gasteiger partial charge >= 0.3 is 0 Å². The topological polar surface area (TPSA) is 82.6 Å². The molecule has 2 saturated carbocycles. The van der Waals surface area contributed by atoms with E-state index < -0.39 is 23.4 Å². The Labute approximate surface area is 243 Å². The highest BCUT2D eigenvalue weighted by Gasteiger charge is 2.53. The number of hydrogen-bond acceptors (Lipinski definition) is 4. The summed E-state index contributed by atoms with van der Waals surface area (Å²) in [4.78, 5) is 47.3. The van der Waals surface area contributed by atoms with E-state index in [0.29, 0.717) is 45.3 Å². The molecule has 0 atom stereocenters. The number of likely N-dealkylation sites (tertiary alicyclic amines) is 1. The maximum Gasteiger partial charge on any atom is 0.281 e. The van der Waals surface area contributed by atoms with Gasteiger partial charge in [0, 0.05) is 43.5 Å². The van der Waals surface area contributed by atoms with Crippen molar-refractivity contribution in [2.75, 3.05) is 24.5 Å². The van der Waals surface area contributed by atoms with E-state index in [-0.39, 0.29) is 40.3 Å². The van der Waals surface area contributed by atoms with Crippen molar-refractivity contribution in [2.45, 2.75) is 75.7 Å². The summed E-state index contributed by atoms with van der Waals surface area (Å²) < 4.78 is 26.8. The number of benzene rings is 1. The highest BCUT2D eigenvalue weighted by Crippen LogP contribution is 2.49. The van der Waals surface area contributed by atoms with Gasteiger partial charge in [-0.3, -0.25) is 19.4 Å². The first-order chi connectivity index (χ1) is 19.8. The number of hydrogen-bond donors (Lipinski definition) is 1. The fraction of sp³-hybridized carbons (Fsp3) is 0.548. The summed E-state index contributed by atoms with van der Waals surface area (Å²) >= 11 is 5.92. The zero-order valence-electron chi connectivity index (χ0n) is 23.0. The summed E-state index contributed by atoms with van der Waals surface area (Å²) in [5, 5.41) is 3.02. The zero-order valence-corrected chi connectivity index (χ0v) is 23.7. The molecule has 3 heterocycles. The van der Waals surface area contributed by atoms with Crippen LogP contribution in [0.5, 0.6) is 0 Å². The molecule has 3 amide bonds. The van der Waals surface area contributed by atoms with Crippen LogP contribution in [0.4, 0.5) is 14.5 Å². The molecule has 4 aliphatic rings. The van der Waals surface area contributed by atoms with Gasteiger partial charge in [0.2, 0.25) is 11.8 Å². The Bertz CT molecular complexity index is 1330. The molecule has 2 aromatic rings. The molecule has 0 bridgehead atoms. The number of anilines is 1. The van der Waals surface area contributed by atoms with Crippen LogP contribution in [-0.4, -0.2) is 53.3 Å². The Morgan fingerprint density at radius 2 is 1.78 bits per heavy atom. The van der Waals surface area contributed by atoms with Crippen LogP contribution in [0.3, 0.4) is 0 Å². The second-order valence-electron chi connectivity index (χ2n) is 12.0. The number of para-hydroxylation sites is 1. The summed E-state index contributed by atoms with van der Waals surface area (Å²) in [6.45, 7) is 1.84. The van der Waals surface area contributed by atoms with Crippen molar-refractivity contribution in [1.82, 2.24) is 15.2 Å². The van der Waals surface area contributed by atoms with Gasteiger partial charge in [0.15, 0.2) is 0 Å². The first-order valence-electron chi connectivity index (χ1n) is 14.7. The predicted octanol–water partition coefficient (Wildman–Crippen LogP) is 5.67. The lowest BCUT2D eigenvalue weighted by Crippen LogP contribution is -2.52. The third kappa shape index (κ3) is 5.22. The molecular formula is C31H35ClF2N4O3.